The van der Waals surface area contributed by atoms with Gasteiger partial charge in [0.2, 0.25) is 5.91 Å². The van der Waals surface area contributed by atoms with Crippen LogP contribution in [0.4, 0.5) is 5.82 Å². The van der Waals surface area contributed by atoms with Crippen LogP contribution in [-0.2, 0) is 0 Å². The number of pyridine rings is 1. The first-order valence-electron chi connectivity index (χ1n) is 6.53. The monoisotopic (exact) mass is 321 g/mol. The summed E-state index contributed by atoms with van der Waals surface area (Å²) in [6.45, 7) is 0.184. The zero-order valence-corrected chi connectivity index (χ0v) is 12.7. The average Bonchev–Trinajstić information content (AvgIpc) is 2.53. The fraction of sp³-hybridized carbons (Fsp3) is 0.200. The number of rotatable bonds is 6. The number of hydrogen-bond donors (Lipinski definition) is 3. The van der Waals surface area contributed by atoms with Crippen LogP contribution in [0.15, 0.2) is 36.5 Å². The smallest absolute Gasteiger partial charge is 0.250 e. The molecule has 1 amide bonds. The lowest BCUT2D eigenvalue weighted by atomic mass is 10.1. The SMILES string of the molecule is COc1ccccc1C(O)CNc1ncc(C(N)=O)cc1Cl. The number of primary amides is 1. The summed E-state index contributed by atoms with van der Waals surface area (Å²) in [6, 6.07) is 8.61. The number of nitrogens with zero attached hydrogens (tertiary/aromatic N) is 1. The number of nitrogens with two attached hydrogens (primary N) is 1. The quantitative estimate of drug-likeness (QED) is 0.756. The number of nitrogens with one attached hydrogen (secondary N) is 1. The molecule has 116 valence electrons. The number of anilines is 1. The number of ether oxygens (including phenoxy) is 1. The van der Waals surface area contributed by atoms with Crippen LogP contribution in [-0.4, -0.2) is 29.7 Å². The van der Waals surface area contributed by atoms with Gasteiger partial charge in [0, 0.05) is 18.3 Å². The maximum absolute atomic E-state index is 11.0. The molecule has 22 heavy (non-hydrogen) atoms. The van der Waals surface area contributed by atoms with Crippen LogP contribution in [0.1, 0.15) is 22.0 Å². The van der Waals surface area contributed by atoms with Gasteiger partial charge in [-0.25, -0.2) is 4.98 Å². The van der Waals surface area contributed by atoms with E-state index in [1.165, 1.54) is 12.3 Å². The Morgan fingerprint density at radius 1 is 1.50 bits per heavy atom. The molecule has 0 bridgehead atoms. The highest BCUT2D eigenvalue weighted by molar-refractivity contribution is 6.33. The number of aromatic nitrogens is 1. The second-order valence-electron chi connectivity index (χ2n) is 4.56. The molecule has 0 saturated carbocycles. The van der Waals surface area contributed by atoms with Gasteiger partial charge in [0.15, 0.2) is 0 Å². The van der Waals surface area contributed by atoms with E-state index in [1.54, 1.807) is 19.2 Å². The van der Waals surface area contributed by atoms with Gasteiger partial charge in [-0.1, -0.05) is 29.8 Å². The summed E-state index contributed by atoms with van der Waals surface area (Å²) in [7, 11) is 1.54. The molecule has 2 rings (SSSR count). The molecular weight excluding hydrogens is 306 g/mol. The molecule has 0 spiro atoms. The Bertz CT molecular complexity index is 679. The first kappa shape index (κ1) is 16.1. The topological polar surface area (TPSA) is 97.5 Å². The molecule has 1 aromatic carbocycles. The van der Waals surface area contributed by atoms with Crippen molar-refractivity contribution in [1.29, 1.82) is 0 Å². The van der Waals surface area contributed by atoms with E-state index >= 15 is 0 Å². The minimum absolute atomic E-state index is 0.184. The second kappa shape index (κ2) is 7.11. The zero-order chi connectivity index (χ0) is 16.1. The van der Waals surface area contributed by atoms with Crippen molar-refractivity contribution in [1.82, 2.24) is 4.98 Å². The highest BCUT2D eigenvalue weighted by Crippen LogP contribution is 2.26. The van der Waals surface area contributed by atoms with Crippen LogP contribution < -0.4 is 15.8 Å². The van der Waals surface area contributed by atoms with E-state index < -0.39 is 12.0 Å². The Labute approximate surface area is 132 Å². The van der Waals surface area contributed by atoms with Gasteiger partial charge in [-0.05, 0) is 12.1 Å². The predicted octanol–water partition coefficient (Wildman–Crippen LogP) is 1.99. The molecule has 6 nitrogen and oxygen atoms in total. The maximum atomic E-state index is 11.0. The number of para-hydroxylation sites is 1. The summed E-state index contributed by atoms with van der Waals surface area (Å²) in [4.78, 5) is 15.1. The molecule has 1 atom stereocenters. The fourth-order valence-corrected chi connectivity index (χ4v) is 2.18. The van der Waals surface area contributed by atoms with Crippen molar-refractivity contribution in [2.75, 3.05) is 19.0 Å². The molecule has 2 aromatic rings. The lowest BCUT2D eigenvalue weighted by Crippen LogP contribution is -2.15. The van der Waals surface area contributed by atoms with Crippen molar-refractivity contribution in [2.45, 2.75) is 6.10 Å². The van der Waals surface area contributed by atoms with Gasteiger partial charge in [0.1, 0.15) is 11.6 Å². The number of carbonyl (C=O) groups excluding carboxylic acids is 1. The van der Waals surface area contributed by atoms with Crippen LogP contribution in [0.5, 0.6) is 5.75 Å². The van der Waals surface area contributed by atoms with Gasteiger partial charge < -0.3 is 20.9 Å². The normalized spacial score (nSPS) is 11.8. The van der Waals surface area contributed by atoms with Gasteiger partial charge in [0.05, 0.1) is 23.8 Å². The predicted molar refractivity (Wildman–Crippen MR) is 84.2 cm³/mol. The van der Waals surface area contributed by atoms with Crippen molar-refractivity contribution in [2.24, 2.45) is 5.73 Å². The molecule has 1 unspecified atom stereocenters. The third-order valence-electron chi connectivity index (χ3n) is 3.09. The second-order valence-corrected chi connectivity index (χ2v) is 4.96. The fourth-order valence-electron chi connectivity index (χ4n) is 1.95. The number of benzene rings is 1. The highest BCUT2D eigenvalue weighted by Gasteiger charge is 2.14. The van der Waals surface area contributed by atoms with Crippen LogP contribution in [0.2, 0.25) is 5.02 Å². The Morgan fingerprint density at radius 2 is 2.23 bits per heavy atom. The first-order chi connectivity index (χ1) is 10.5. The Kier molecular flexibility index (Phi) is 5.19. The summed E-state index contributed by atoms with van der Waals surface area (Å²) in [6.07, 6.45) is 0.524. The molecule has 7 heteroatoms. The molecule has 0 radical (unpaired) electrons. The zero-order valence-electron chi connectivity index (χ0n) is 11.9. The summed E-state index contributed by atoms with van der Waals surface area (Å²) >= 11 is 6.02. The minimum Gasteiger partial charge on any atom is -0.496 e. The summed E-state index contributed by atoms with van der Waals surface area (Å²) < 4.78 is 5.20. The van der Waals surface area contributed by atoms with Gasteiger partial charge in [-0.2, -0.15) is 0 Å². The summed E-state index contributed by atoms with van der Waals surface area (Å²) in [5, 5.41) is 13.4. The van der Waals surface area contributed by atoms with E-state index in [4.69, 9.17) is 22.1 Å². The Balaban J connectivity index is 2.08. The van der Waals surface area contributed by atoms with Gasteiger partial charge in [-0.3, -0.25) is 4.79 Å². The first-order valence-corrected chi connectivity index (χ1v) is 6.91. The molecule has 4 N–H and O–H groups in total. The number of carbonyl (C=O) groups is 1. The summed E-state index contributed by atoms with van der Waals surface area (Å²) in [5.41, 5.74) is 6.03. The molecule has 0 fully saturated rings. The van der Waals surface area contributed by atoms with Gasteiger partial charge in [-0.15, -0.1) is 0 Å². The molecular formula is C15H16ClN3O3. The van der Waals surface area contributed by atoms with Crippen LogP contribution in [0.25, 0.3) is 0 Å². The largest absolute Gasteiger partial charge is 0.496 e. The van der Waals surface area contributed by atoms with Crippen molar-refractivity contribution in [3.8, 4) is 5.75 Å². The average molecular weight is 322 g/mol. The van der Waals surface area contributed by atoms with Crippen LogP contribution in [0, 0.1) is 0 Å². The molecule has 1 heterocycles. The van der Waals surface area contributed by atoms with E-state index in [0.29, 0.717) is 17.1 Å². The molecule has 0 aliphatic heterocycles. The van der Waals surface area contributed by atoms with E-state index in [1.807, 2.05) is 12.1 Å². The van der Waals surface area contributed by atoms with Crippen LogP contribution in [0.3, 0.4) is 0 Å². The molecule has 0 aliphatic rings. The van der Waals surface area contributed by atoms with E-state index in [0.717, 1.165) is 0 Å². The third kappa shape index (κ3) is 3.66. The van der Waals surface area contributed by atoms with Crippen LogP contribution >= 0.6 is 11.6 Å². The van der Waals surface area contributed by atoms with Crippen molar-refractivity contribution < 1.29 is 14.6 Å². The van der Waals surface area contributed by atoms with Crippen molar-refractivity contribution >= 4 is 23.3 Å². The number of halogens is 1. The highest BCUT2D eigenvalue weighted by atomic mass is 35.5. The van der Waals surface area contributed by atoms with E-state index in [2.05, 4.69) is 10.3 Å². The molecule has 1 aromatic heterocycles. The number of methoxy groups -OCH3 is 1. The van der Waals surface area contributed by atoms with Gasteiger partial charge in [0.25, 0.3) is 0 Å². The standard InChI is InChI=1S/C15H16ClN3O3/c1-22-13-5-3-2-4-10(13)12(20)8-19-15-11(16)6-9(7-18-15)14(17)21/h2-7,12,20H,8H2,1H3,(H2,17,21)(H,18,19). The Hall–Kier alpha value is -2.31. The van der Waals surface area contributed by atoms with E-state index in [-0.39, 0.29) is 17.1 Å². The third-order valence-corrected chi connectivity index (χ3v) is 3.37. The van der Waals surface area contributed by atoms with Crippen molar-refractivity contribution in [3.05, 3.63) is 52.7 Å². The number of hydrogen-bond acceptors (Lipinski definition) is 5. The minimum atomic E-state index is -0.801. The number of aliphatic hydroxyl groups excluding tert-OH is 1. The molecule has 0 saturated heterocycles. The number of aliphatic hydroxyl groups is 1. The lowest BCUT2D eigenvalue weighted by molar-refractivity contribution is 0.1000. The lowest BCUT2D eigenvalue weighted by Gasteiger charge is -2.16. The number of amides is 1. The maximum Gasteiger partial charge on any atom is 0.250 e. The summed E-state index contributed by atoms with van der Waals surface area (Å²) in [5.74, 6) is 0.357. The van der Waals surface area contributed by atoms with E-state index in [9.17, 15) is 9.90 Å². The van der Waals surface area contributed by atoms with Gasteiger partial charge >= 0.3 is 0 Å². The molecule has 0 aliphatic carbocycles. The van der Waals surface area contributed by atoms with Crippen molar-refractivity contribution in [3.63, 3.8) is 0 Å². The Morgan fingerprint density at radius 3 is 2.86 bits per heavy atom.